The van der Waals surface area contributed by atoms with Crippen molar-refractivity contribution in [1.82, 2.24) is 0 Å². The van der Waals surface area contributed by atoms with Crippen molar-refractivity contribution in [2.24, 2.45) is 0 Å². The Balaban J connectivity index is 5.09. The number of unbranched alkanes of at least 4 members (excludes halogenated alkanes) is 24. The van der Waals surface area contributed by atoms with Gasteiger partial charge in [0.1, 0.15) is 26.4 Å². The Morgan fingerprint density at radius 1 is 0.483 bits per heavy atom. The van der Waals surface area contributed by atoms with Gasteiger partial charge in [-0.05, 0) is 32.1 Å². The van der Waals surface area contributed by atoms with Gasteiger partial charge in [-0.3, -0.25) is 23.2 Å². The highest BCUT2D eigenvalue weighted by Crippen LogP contribution is 2.49. The van der Waals surface area contributed by atoms with Gasteiger partial charge >= 0.3 is 19.8 Å². The zero-order valence-corrected chi connectivity index (χ0v) is 40.9. The van der Waals surface area contributed by atoms with Crippen molar-refractivity contribution in [1.29, 1.82) is 0 Å². The number of carbonyl (C=O) groups excluding carboxylic acids is 2. The molecule has 2 unspecified atom stereocenters. The van der Waals surface area contributed by atoms with E-state index in [4.69, 9.17) is 29.6 Å². The van der Waals surface area contributed by atoms with Crippen LogP contribution < -0.4 is 0 Å². The molecule has 10 nitrogen and oxygen atoms in total. The smallest absolute Gasteiger partial charge is 0.462 e. The van der Waals surface area contributed by atoms with E-state index in [0.717, 1.165) is 81.9 Å². The molecule has 0 saturated heterocycles. The van der Waals surface area contributed by atoms with Crippen LogP contribution in [0, 0.1) is 6.57 Å². The van der Waals surface area contributed by atoms with Crippen LogP contribution in [0.4, 0.5) is 0 Å². The topological polar surface area (TPSA) is 102 Å². The molecule has 0 heterocycles. The molecule has 0 aromatic heterocycles. The van der Waals surface area contributed by atoms with E-state index in [1.165, 1.54) is 128 Å². The fourth-order valence-electron chi connectivity index (χ4n) is 8.12. The van der Waals surface area contributed by atoms with Crippen LogP contribution in [-0.4, -0.2) is 81.7 Å². The molecule has 11 heteroatoms. The fraction of sp³-hybridized carbons (Fsp3) is 0.939. The summed E-state index contributed by atoms with van der Waals surface area (Å²) in [6.07, 6.45) is 34.4. The lowest BCUT2D eigenvalue weighted by Crippen LogP contribution is -2.51. The van der Waals surface area contributed by atoms with Gasteiger partial charge in [0.2, 0.25) is 6.54 Å². The van der Waals surface area contributed by atoms with Gasteiger partial charge < -0.3 is 18.8 Å². The van der Waals surface area contributed by atoms with Crippen LogP contribution in [0.5, 0.6) is 0 Å². The third-order valence-corrected chi connectivity index (χ3v) is 12.9. The molecule has 0 N–H and O–H groups in total. The van der Waals surface area contributed by atoms with Crippen LogP contribution >= 0.6 is 7.82 Å². The second-order valence-electron chi connectivity index (χ2n) is 17.3. The number of quaternary nitrogens is 1. The van der Waals surface area contributed by atoms with E-state index in [1.807, 2.05) is 0 Å². The van der Waals surface area contributed by atoms with Gasteiger partial charge in [0, 0.05) is 12.8 Å². The molecule has 354 valence electrons. The first-order valence-electron chi connectivity index (χ1n) is 25.3. The first-order chi connectivity index (χ1) is 29.2. The first kappa shape index (κ1) is 58.5. The molecular weight excluding hydrogens is 776 g/mol. The maximum absolute atomic E-state index is 13.9. The minimum Gasteiger partial charge on any atom is -0.462 e. The zero-order valence-electron chi connectivity index (χ0n) is 40.0. The van der Waals surface area contributed by atoms with E-state index in [-0.39, 0.29) is 45.4 Å². The lowest BCUT2D eigenvalue weighted by atomic mass is 10.0. The monoisotopic (exact) mass is 872 g/mol. The van der Waals surface area contributed by atoms with Gasteiger partial charge in [-0.15, -0.1) is 0 Å². The van der Waals surface area contributed by atoms with Gasteiger partial charge in [0.05, 0.1) is 26.2 Å². The number of phosphoric acid groups is 1. The molecular formula is C49H96N2O8P+. The third kappa shape index (κ3) is 36.0. The molecule has 0 bridgehead atoms. The third-order valence-electron chi connectivity index (χ3n) is 11.5. The predicted molar refractivity (Wildman–Crippen MR) is 249 cm³/mol. The van der Waals surface area contributed by atoms with Crippen LogP contribution in [0.15, 0.2) is 0 Å². The number of nitrogens with zero attached hydrogens (tertiary/aromatic N) is 2. The zero-order chi connectivity index (χ0) is 44.3. The summed E-state index contributed by atoms with van der Waals surface area (Å²) in [4.78, 5) is 29.1. The Labute approximate surface area is 370 Å². The molecule has 0 aromatic carbocycles. The summed E-state index contributed by atoms with van der Waals surface area (Å²) in [5.74, 6) is -0.745. The number of hydrogen-bond acceptors (Lipinski definition) is 8. The predicted octanol–water partition coefficient (Wildman–Crippen LogP) is 14.5. The van der Waals surface area contributed by atoms with Gasteiger partial charge in [0.15, 0.2) is 6.10 Å². The molecule has 0 aliphatic rings. The number of carbonyl (C=O) groups is 2. The molecule has 0 saturated carbocycles. The highest BCUT2D eigenvalue weighted by atomic mass is 31.2. The number of ether oxygens (including phenoxy) is 2. The number of hydrogen-bond donors (Lipinski definition) is 0. The highest BCUT2D eigenvalue weighted by Gasteiger charge is 2.33. The average molecular weight is 872 g/mol. The largest absolute Gasteiger partial charge is 0.475 e. The van der Waals surface area contributed by atoms with E-state index in [2.05, 4.69) is 39.5 Å². The molecule has 0 spiro atoms. The van der Waals surface area contributed by atoms with Crippen molar-refractivity contribution in [2.45, 2.75) is 240 Å². The van der Waals surface area contributed by atoms with E-state index in [0.29, 0.717) is 13.0 Å². The Kier molecular flexibility index (Phi) is 41.7. The molecule has 2 atom stereocenters. The van der Waals surface area contributed by atoms with E-state index < -0.39 is 19.9 Å². The van der Waals surface area contributed by atoms with Crippen molar-refractivity contribution in [3.05, 3.63) is 11.4 Å². The molecule has 60 heavy (non-hydrogen) atoms. The quantitative estimate of drug-likeness (QED) is 0.0196. The van der Waals surface area contributed by atoms with Crippen LogP contribution in [0.2, 0.25) is 0 Å². The van der Waals surface area contributed by atoms with Crippen LogP contribution in [0.1, 0.15) is 234 Å². The van der Waals surface area contributed by atoms with Crippen molar-refractivity contribution in [3.63, 3.8) is 0 Å². The summed E-state index contributed by atoms with van der Waals surface area (Å²) in [7, 11) is -4.12. The fourth-order valence-corrected chi connectivity index (χ4v) is 9.30. The second kappa shape index (κ2) is 42.8. The lowest BCUT2D eigenvalue weighted by Gasteiger charge is -2.38. The SMILES string of the molecule is [C-]#[N+]CCOP(=O)(OCC[N+](CCC)(CCC)CCC)OCC(COC(=O)CCCCCCCCCCCCCCC)OC(=O)CCCCCCCCCCCCCCC. The van der Waals surface area contributed by atoms with Crippen molar-refractivity contribution >= 4 is 19.8 Å². The molecule has 0 rings (SSSR count). The van der Waals surface area contributed by atoms with Gasteiger partial charge in [-0.2, -0.15) is 0 Å². The molecule has 0 fully saturated rings. The van der Waals surface area contributed by atoms with Crippen molar-refractivity contribution in [2.75, 3.05) is 59.2 Å². The average Bonchev–Trinajstić information content (AvgIpc) is 3.22. The second-order valence-corrected chi connectivity index (χ2v) is 19.0. The molecule has 0 aliphatic heterocycles. The van der Waals surface area contributed by atoms with Crippen LogP contribution in [0.25, 0.3) is 4.85 Å². The Morgan fingerprint density at radius 2 is 0.867 bits per heavy atom. The summed E-state index contributed by atoms with van der Waals surface area (Å²) in [5.41, 5.74) is 0. The summed E-state index contributed by atoms with van der Waals surface area (Å²) in [6, 6.07) is 0. The van der Waals surface area contributed by atoms with E-state index in [9.17, 15) is 14.2 Å². The molecule has 0 radical (unpaired) electrons. The standard InChI is InChI=1S/C49H96N2O8P/c1-7-12-14-16-18-20-22-24-26-28-30-32-34-36-48(52)55-45-47(59-49(53)37-35-33-31-29-27-25-23-21-19-17-15-13-8-2)46-58-60(54,56-43-38-50-6)57-44-42-51(39-9-3,40-10-4)41-11-5/h47H,7-46H2,1-5H3/q+1. The Morgan fingerprint density at radius 3 is 1.27 bits per heavy atom. The maximum atomic E-state index is 13.9. The van der Waals surface area contributed by atoms with Crippen molar-refractivity contribution < 1.29 is 41.7 Å². The molecule has 0 aliphatic carbocycles. The summed E-state index contributed by atoms with van der Waals surface area (Å²) in [6.45, 7) is 21.4. The number of rotatable bonds is 47. The molecule has 0 amide bonds. The summed E-state index contributed by atoms with van der Waals surface area (Å²) in [5, 5.41) is 0. The first-order valence-corrected chi connectivity index (χ1v) is 26.8. The highest BCUT2D eigenvalue weighted by molar-refractivity contribution is 7.48. The van der Waals surface area contributed by atoms with Crippen LogP contribution in [0.3, 0.4) is 0 Å². The minimum atomic E-state index is -4.12. The summed E-state index contributed by atoms with van der Waals surface area (Å²) < 4.78 is 43.4. The van der Waals surface area contributed by atoms with Gasteiger partial charge in [-0.1, -0.05) is 189 Å². The lowest BCUT2D eigenvalue weighted by molar-refractivity contribution is -0.928. The molecule has 0 aromatic rings. The number of esters is 2. The van der Waals surface area contributed by atoms with Crippen molar-refractivity contribution in [3.8, 4) is 0 Å². The number of phosphoric ester groups is 1. The Hall–Kier alpha value is -1.50. The van der Waals surface area contributed by atoms with Gasteiger partial charge in [0.25, 0.3) is 0 Å². The summed E-state index contributed by atoms with van der Waals surface area (Å²) >= 11 is 0. The minimum absolute atomic E-state index is 0.00651. The van der Waals surface area contributed by atoms with E-state index in [1.54, 1.807) is 0 Å². The maximum Gasteiger partial charge on any atom is 0.475 e. The Bertz CT molecular complexity index is 1050. The normalized spacial score (nSPS) is 13.2. The van der Waals surface area contributed by atoms with E-state index >= 15 is 0 Å². The van der Waals surface area contributed by atoms with Gasteiger partial charge in [-0.25, -0.2) is 11.1 Å². The van der Waals surface area contributed by atoms with Crippen LogP contribution in [-0.2, 0) is 37.2 Å².